The van der Waals surface area contributed by atoms with Crippen molar-refractivity contribution in [1.29, 1.82) is 0 Å². The molecule has 0 spiro atoms. The molecule has 0 saturated heterocycles. The molecule has 1 aromatic heterocycles. The monoisotopic (exact) mass is 530 g/mol. The Morgan fingerprint density at radius 3 is 2.11 bits per heavy atom. The quantitative estimate of drug-likeness (QED) is 0.138. The van der Waals surface area contributed by atoms with Crippen LogP contribution in [0.25, 0.3) is 11.1 Å². The van der Waals surface area contributed by atoms with E-state index in [2.05, 4.69) is 14.8 Å². The van der Waals surface area contributed by atoms with Crippen molar-refractivity contribution >= 4 is 5.84 Å². The highest BCUT2D eigenvalue weighted by Crippen LogP contribution is 2.44. The van der Waals surface area contributed by atoms with Crippen LogP contribution in [0.15, 0.2) is 65.9 Å². The molecule has 2 aromatic carbocycles. The van der Waals surface area contributed by atoms with E-state index in [1.165, 1.54) is 25.1 Å². The Morgan fingerprint density at radius 2 is 1.59 bits per heavy atom. The summed E-state index contributed by atoms with van der Waals surface area (Å²) in [6.07, 6.45) is -3.83. The molecule has 3 rings (SSSR count). The highest BCUT2D eigenvalue weighted by atomic mass is 19.4. The summed E-state index contributed by atoms with van der Waals surface area (Å²) in [5, 5.41) is 4.00. The minimum absolute atomic E-state index is 0.102. The predicted molar refractivity (Wildman–Crippen MR) is 121 cm³/mol. The number of hydrogen-bond donors (Lipinski definition) is 3. The van der Waals surface area contributed by atoms with Gasteiger partial charge in [0.05, 0.1) is 6.54 Å². The number of hydrazine groups is 1. The Hall–Kier alpha value is -3.91. The van der Waals surface area contributed by atoms with Gasteiger partial charge in [0.15, 0.2) is 0 Å². The predicted octanol–water partition coefficient (Wildman–Crippen LogP) is 4.34. The summed E-state index contributed by atoms with van der Waals surface area (Å²) < 4.78 is 101. The van der Waals surface area contributed by atoms with Crippen LogP contribution in [0, 0.1) is 11.6 Å². The normalized spacial score (nSPS) is 14.3. The summed E-state index contributed by atoms with van der Waals surface area (Å²) in [7, 11) is 0. The van der Waals surface area contributed by atoms with Crippen LogP contribution in [0.5, 0.6) is 5.75 Å². The van der Waals surface area contributed by atoms with Crippen LogP contribution in [-0.2, 0) is 11.5 Å². The number of aromatic nitrogens is 1. The number of hydrazone groups is 1. The molecule has 1 atom stereocenters. The third-order valence-electron chi connectivity index (χ3n) is 5.50. The minimum atomic E-state index is -4.87. The van der Waals surface area contributed by atoms with Gasteiger partial charge < -0.3 is 16.3 Å². The Labute approximate surface area is 206 Å². The lowest BCUT2D eigenvalue weighted by atomic mass is 9.81. The van der Waals surface area contributed by atoms with Gasteiger partial charge in [-0.25, -0.2) is 14.6 Å². The van der Waals surface area contributed by atoms with E-state index in [-0.39, 0.29) is 11.4 Å². The summed E-state index contributed by atoms with van der Waals surface area (Å²) in [5.41, 5.74) is 2.24. The molecule has 0 radical (unpaired) electrons. The Kier molecular flexibility index (Phi) is 7.64. The Morgan fingerprint density at radius 1 is 0.973 bits per heavy atom. The zero-order valence-corrected chi connectivity index (χ0v) is 19.1. The lowest BCUT2D eigenvalue weighted by molar-refractivity contribution is -0.274. The highest BCUT2D eigenvalue weighted by Gasteiger charge is 2.56. The van der Waals surface area contributed by atoms with Gasteiger partial charge in [0.25, 0.3) is 0 Å². The van der Waals surface area contributed by atoms with Crippen molar-refractivity contribution in [2.75, 3.05) is 6.54 Å². The number of hydrogen-bond acceptors (Lipinski definition) is 6. The van der Waals surface area contributed by atoms with Gasteiger partial charge in [-0.1, -0.05) is 24.3 Å². The van der Waals surface area contributed by atoms with Crippen LogP contribution in [0.2, 0.25) is 0 Å². The fraction of sp³-hybridized carbons (Fsp3) is 0.217. The molecule has 1 unspecified atom stereocenters. The van der Waals surface area contributed by atoms with E-state index in [0.29, 0.717) is 16.6 Å². The molecule has 6 N–H and O–H groups in total. The maximum atomic E-state index is 15.9. The van der Waals surface area contributed by atoms with Gasteiger partial charge in [-0.15, -0.1) is 13.2 Å². The Balaban J connectivity index is 2.00. The molecule has 198 valence electrons. The fourth-order valence-corrected chi connectivity index (χ4v) is 3.49. The van der Waals surface area contributed by atoms with E-state index in [1.807, 2.05) is 0 Å². The molecule has 14 heteroatoms. The minimum Gasteiger partial charge on any atom is -0.406 e. The number of nitrogens with two attached hydrogens (primary N) is 3. The molecule has 0 aliphatic rings. The average Bonchev–Trinajstić information content (AvgIpc) is 2.82. The standard InChI is InChI=1S/C23H21F7N6O/c1-13(35-32)36(33)12-21(31,18-8-5-16(24)10-19(18)25)22(26,27)20-9-4-15(11-34-20)14-2-6-17(7-3-14)37-23(28,29)30/h2-11H,12,31-33H2,1H3/b35-13-. The molecule has 0 fully saturated rings. The number of halogens is 7. The molecule has 37 heavy (non-hydrogen) atoms. The van der Waals surface area contributed by atoms with Gasteiger partial charge >= 0.3 is 12.3 Å². The summed E-state index contributed by atoms with van der Waals surface area (Å²) in [6.45, 7) is 0.400. The summed E-state index contributed by atoms with van der Waals surface area (Å²) in [5.74, 6) is 3.92. The summed E-state index contributed by atoms with van der Waals surface area (Å²) in [6, 6.07) is 8.74. The van der Waals surface area contributed by atoms with Crippen LogP contribution in [0.3, 0.4) is 0 Å². The topological polar surface area (TPSA) is 116 Å². The van der Waals surface area contributed by atoms with Gasteiger partial charge in [0.1, 0.15) is 34.5 Å². The lowest BCUT2D eigenvalue weighted by Gasteiger charge is -2.40. The number of ether oxygens (including phenoxy) is 1. The van der Waals surface area contributed by atoms with Crippen LogP contribution >= 0.6 is 0 Å². The smallest absolute Gasteiger partial charge is 0.406 e. The number of nitrogens with zero attached hydrogens (tertiary/aromatic N) is 3. The second kappa shape index (κ2) is 10.2. The van der Waals surface area contributed by atoms with Crippen molar-refractivity contribution in [1.82, 2.24) is 9.99 Å². The van der Waals surface area contributed by atoms with Crippen LogP contribution in [0.4, 0.5) is 30.7 Å². The fourth-order valence-electron chi connectivity index (χ4n) is 3.49. The first kappa shape index (κ1) is 27.7. The van der Waals surface area contributed by atoms with E-state index < -0.39 is 53.0 Å². The number of pyridine rings is 1. The zero-order valence-electron chi connectivity index (χ0n) is 19.1. The number of benzene rings is 2. The van der Waals surface area contributed by atoms with E-state index >= 15 is 8.78 Å². The van der Waals surface area contributed by atoms with E-state index in [0.717, 1.165) is 36.5 Å². The zero-order chi connectivity index (χ0) is 27.6. The third kappa shape index (κ3) is 5.91. The van der Waals surface area contributed by atoms with Gasteiger partial charge in [0, 0.05) is 23.4 Å². The molecule has 0 bridgehead atoms. The van der Waals surface area contributed by atoms with Crippen molar-refractivity contribution in [2.45, 2.75) is 24.7 Å². The van der Waals surface area contributed by atoms with Gasteiger partial charge in [-0.05, 0) is 36.8 Å². The van der Waals surface area contributed by atoms with E-state index in [1.54, 1.807) is 0 Å². The molecule has 0 saturated carbocycles. The highest BCUT2D eigenvalue weighted by molar-refractivity contribution is 5.78. The van der Waals surface area contributed by atoms with Gasteiger partial charge in [0.2, 0.25) is 0 Å². The molecule has 1 heterocycles. The van der Waals surface area contributed by atoms with Crippen LogP contribution < -0.4 is 22.2 Å². The van der Waals surface area contributed by atoms with Crippen molar-refractivity contribution in [3.05, 3.63) is 83.7 Å². The van der Waals surface area contributed by atoms with E-state index in [4.69, 9.17) is 17.4 Å². The maximum absolute atomic E-state index is 15.9. The van der Waals surface area contributed by atoms with Crippen molar-refractivity contribution in [2.24, 2.45) is 22.5 Å². The summed E-state index contributed by atoms with van der Waals surface area (Å²) in [4.78, 5) is 3.77. The van der Waals surface area contributed by atoms with E-state index in [9.17, 15) is 22.0 Å². The summed E-state index contributed by atoms with van der Waals surface area (Å²) >= 11 is 0. The molecule has 7 nitrogen and oxygen atoms in total. The molecule has 0 aliphatic heterocycles. The molecule has 0 amide bonds. The first-order valence-electron chi connectivity index (χ1n) is 10.4. The Bertz CT molecular complexity index is 1270. The lowest BCUT2D eigenvalue weighted by Crippen LogP contribution is -2.60. The van der Waals surface area contributed by atoms with Crippen molar-refractivity contribution < 1.29 is 35.5 Å². The molecular formula is C23H21F7N6O. The first-order chi connectivity index (χ1) is 17.2. The number of alkyl halides is 5. The molecule has 0 aliphatic carbocycles. The maximum Gasteiger partial charge on any atom is 0.573 e. The third-order valence-corrected chi connectivity index (χ3v) is 5.50. The van der Waals surface area contributed by atoms with Gasteiger partial charge in [-0.3, -0.25) is 9.99 Å². The molecule has 3 aromatic rings. The molecular weight excluding hydrogens is 509 g/mol. The van der Waals surface area contributed by atoms with Crippen molar-refractivity contribution in [3.8, 4) is 16.9 Å². The second-order valence-electron chi connectivity index (χ2n) is 7.98. The number of amidine groups is 1. The van der Waals surface area contributed by atoms with Crippen LogP contribution in [0.1, 0.15) is 18.2 Å². The van der Waals surface area contributed by atoms with Crippen LogP contribution in [-0.4, -0.2) is 28.7 Å². The SMILES string of the molecule is C/C(=N/N)N(N)CC(N)(c1ccc(F)cc1F)C(F)(F)c1ccc(-c2ccc(OC(F)(F)F)cc2)cn1. The first-order valence-corrected chi connectivity index (χ1v) is 10.4. The largest absolute Gasteiger partial charge is 0.573 e. The second-order valence-corrected chi connectivity index (χ2v) is 7.98. The average molecular weight is 530 g/mol. The number of rotatable bonds is 7. The van der Waals surface area contributed by atoms with Gasteiger partial charge in [-0.2, -0.15) is 13.9 Å². The van der Waals surface area contributed by atoms with Crippen molar-refractivity contribution in [3.63, 3.8) is 0 Å².